The number of unbranched alkanes of at least 4 members (excludes halogenated alkanes) is 1. The van der Waals surface area contributed by atoms with Gasteiger partial charge in [0, 0.05) is 18.6 Å². The molecule has 1 N–H and O–H groups in total. The smallest absolute Gasteiger partial charge is 0.119 e. The highest BCUT2D eigenvalue weighted by Gasteiger charge is 1.95. The third-order valence-corrected chi connectivity index (χ3v) is 3.30. The van der Waals surface area contributed by atoms with Crippen LogP contribution in [0.1, 0.15) is 12.8 Å². The number of thioether (sulfide) groups is 1. The van der Waals surface area contributed by atoms with Crippen LogP contribution in [0.4, 0.5) is 0 Å². The van der Waals surface area contributed by atoms with E-state index in [0.29, 0.717) is 0 Å². The van der Waals surface area contributed by atoms with E-state index in [1.165, 1.54) is 4.90 Å². The molecule has 0 aromatic heterocycles. The summed E-state index contributed by atoms with van der Waals surface area (Å²) in [6.07, 6.45) is 4.28. The van der Waals surface area contributed by atoms with Crippen molar-refractivity contribution in [3.05, 3.63) is 24.3 Å². The Kier molecular flexibility index (Phi) is 8.73. The second kappa shape index (κ2) is 10.2. The van der Waals surface area contributed by atoms with Gasteiger partial charge in [0.05, 0.1) is 13.2 Å². The standard InChI is InChI=1S/C14H23NO2S/c1-16-12-10-15-9-3-4-11-17-13-5-7-14(18-2)8-6-13/h5-8,15H,3-4,9-12H2,1-2H3. The lowest BCUT2D eigenvalue weighted by Crippen LogP contribution is -2.20. The summed E-state index contributed by atoms with van der Waals surface area (Å²) in [6.45, 7) is 3.51. The van der Waals surface area contributed by atoms with Crippen molar-refractivity contribution < 1.29 is 9.47 Å². The lowest BCUT2D eigenvalue weighted by atomic mass is 10.3. The molecule has 0 saturated heterocycles. The maximum Gasteiger partial charge on any atom is 0.119 e. The van der Waals surface area contributed by atoms with Crippen LogP contribution in [0.3, 0.4) is 0 Å². The normalized spacial score (nSPS) is 10.6. The summed E-state index contributed by atoms with van der Waals surface area (Å²) in [7, 11) is 1.72. The van der Waals surface area contributed by atoms with Gasteiger partial charge >= 0.3 is 0 Å². The van der Waals surface area contributed by atoms with Crippen LogP contribution in [0.15, 0.2) is 29.2 Å². The minimum Gasteiger partial charge on any atom is -0.494 e. The Morgan fingerprint density at radius 3 is 2.50 bits per heavy atom. The summed E-state index contributed by atoms with van der Waals surface area (Å²) in [5.41, 5.74) is 0. The lowest BCUT2D eigenvalue weighted by molar-refractivity contribution is 0.199. The molecule has 0 aliphatic heterocycles. The molecule has 4 heteroatoms. The molecular weight excluding hydrogens is 246 g/mol. The minimum absolute atomic E-state index is 0.776. The highest BCUT2D eigenvalue weighted by atomic mass is 32.2. The molecule has 102 valence electrons. The van der Waals surface area contributed by atoms with E-state index in [4.69, 9.17) is 9.47 Å². The quantitative estimate of drug-likeness (QED) is 0.522. The van der Waals surface area contributed by atoms with Gasteiger partial charge in [0.25, 0.3) is 0 Å². The van der Waals surface area contributed by atoms with Gasteiger partial charge in [-0.3, -0.25) is 0 Å². The third-order valence-electron chi connectivity index (χ3n) is 2.56. The molecule has 0 unspecified atom stereocenters. The Balaban J connectivity index is 2.00. The topological polar surface area (TPSA) is 30.5 Å². The highest BCUT2D eigenvalue weighted by molar-refractivity contribution is 7.98. The Hall–Kier alpha value is -0.710. The van der Waals surface area contributed by atoms with Gasteiger partial charge in [-0.15, -0.1) is 11.8 Å². The Bertz CT molecular complexity index is 303. The summed E-state index contributed by atoms with van der Waals surface area (Å²) >= 11 is 1.74. The molecule has 3 nitrogen and oxygen atoms in total. The number of ether oxygens (including phenoxy) is 2. The van der Waals surface area contributed by atoms with E-state index >= 15 is 0 Å². The van der Waals surface area contributed by atoms with E-state index in [9.17, 15) is 0 Å². The average molecular weight is 269 g/mol. The fourth-order valence-corrected chi connectivity index (χ4v) is 1.92. The maximum atomic E-state index is 5.67. The molecule has 1 aromatic rings. The van der Waals surface area contributed by atoms with Gasteiger partial charge in [-0.1, -0.05) is 0 Å². The number of nitrogens with one attached hydrogen (secondary N) is 1. The number of rotatable bonds is 10. The molecule has 0 amide bonds. The molecule has 0 bridgehead atoms. The summed E-state index contributed by atoms with van der Waals surface area (Å²) < 4.78 is 10.6. The molecule has 0 aliphatic carbocycles. The van der Waals surface area contributed by atoms with Crippen molar-refractivity contribution in [2.75, 3.05) is 39.7 Å². The van der Waals surface area contributed by atoms with Crippen LogP contribution in [0.5, 0.6) is 5.75 Å². The first-order chi connectivity index (χ1) is 8.86. The van der Waals surface area contributed by atoms with Gasteiger partial charge in [-0.25, -0.2) is 0 Å². The summed E-state index contributed by atoms with van der Waals surface area (Å²) in [4.78, 5) is 1.27. The van der Waals surface area contributed by atoms with Crippen molar-refractivity contribution >= 4 is 11.8 Å². The zero-order valence-electron chi connectivity index (χ0n) is 11.3. The number of benzene rings is 1. The predicted molar refractivity (Wildman–Crippen MR) is 77.7 cm³/mol. The molecule has 0 aliphatic rings. The highest BCUT2D eigenvalue weighted by Crippen LogP contribution is 2.18. The van der Waals surface area contributed by atoms with Gasteiger partial charge in [0.1, 0.15) is 5.75 Å². The van der Waals surface area contributed by atoms with E-state index in [0.717, 1.165) is 44.9 Å². The van der Waals surface area contributed by atoms with Crippen molar-refractivity contribution in [1.29, 1.82) is 0 Å². The number of methoxy groups -OCH3 is 1. The molecule has 0 atom stereocenters. The fourth-order valence-electron chi connectivity index (χ4n) is 1.51. The monoisotopic (exact) mass is 269 g/mol. The number of hydrogen-bond acceptors (Lipinski definition) is 4. The van der Waals surface area contributed by atoms with Crippen LogP contribution in [0.2, 0.25) is 0 Å². The Morgan fingerprint density at radius 2 is 1.83 bits per heavy atom. The second-order valence-electron chi connectivity index (χ2n) is 3.97. The summed E-state index contributed by atoms with van der Waals surface area (Å²) in [5, 5.41) is 3.32. The molecular formula is C14H23NO2S. The molecule has 1 aromatic carbocycles. The van der Waals surface area contributed by atoms with Crippen molar-refractivity contribution in [3.8, 4) is 5.75 Å². The van der Waals surface area contributed by atoms with E-state index in [1.807, 2.05) is 12.1 Å². The molecule has 0 fully saturated rings. The SMILES string of the molecule is COCCNCCCCOc1ccc(SC)cc1. The lowest BCUT2D eigenvalue weighted by Gasteiger charge is -2.07. The predicted octanol–water partition coefficient (Wildman–Crippen LogP) is 2.80. The largest absolute Gasteiger partial charge is 0.494 e. The number of hydrogen-bond donors (Lipinski definition) is 1. The first-order valence-corrected chi connectivity index (χ1v) is 7.56. The van der Waals surface area contributed by atoms with Crippen LogP contribution in [0, 0.1) is 0 Å². The molecule has 0 heterocycles. The van der Waals surface area contributed by atoms with Crippen LogP contribution in [-0.2, 0) is 4.74 Å². The average Bonchev–Trinajstić information content (AvgIpc) is 2.42. The Morgan fingerprint density at radius 1 is 1.06 bits per heavy atom. The molecule has 1 rings (SSSR count). The van der Waals surface area contributed by atoms with Crippen LogP contribution >= 0.6 is 11.8 Å². The van der Waals surface area contributed by atoms with Crippen molar-refractivity contribution in [2.24, 2.45) is 0 Å². The van der Waals surface area contributed by atoms with E-state index < -0.39 is 0 Å². The van der Waals surface area contributed by atoms with Gasteiger partial charge < -0.3 is 14.8 Å². The third kappa shape index (κ3) is 6.89. The van der Waals surface area contributed by atoms with Crippen LogP contribution < -0.4 is 10.1 Å². The van der Waals surface area contributed by atoms with Gasteiger partial charge in [0.15, 0.2) is 0 Å². The van der Waals surface area contributed by atoms with Crippen LogP contribution in [-0.4, -0.2) is 39.7 Å². The van der Waals surface area contributed by atoms with Crippen molar-refractivity contribution in [2.45, 2.75) is 17.7 Å². The zero-order valence-corrected chi connectivity index (χ0v) is 12.1. The second-order valence-corrected chi connectivity index (χ2v) is 4.85. The van der Waals surface area contributed by atoms with E-state index in [-0.39, 0.29) is 0 Å². The molecule has 0 saturated carbocycles. The van der Waals surface area contributed by atoms with Gasteiger partial charge in [-0.05, 0) is 49.9 Å². The van der Waals surface area contributed by atoms with Crippen LogP contribution in [0.25, 0.3) is 0 Å². The van der Waals surface area contributed by atoms with Crippen molar-refractivity contribution in [3.63, 3.8) is 0 Å². The summed E-state index contributed by atoms with van der Waals surface area (Å²) in [6, 6.07) is 8.24. The molecule has 18 heavy (non-hydrogen) atoms. The van der Waals surface area contributed by atoms with E-state index in [2.05, 4.69) is 23.7 Å². The summed E-state index contributed by atoms with van der Waals surface area (Å²) in [5.74, 6) is 0.958. The first kappa shape index (κ1) is 15.3. The maximum absolute atomic E-state index is 5.67. The Labute approximate surface area is 114 Å². The van der Waals surface area contributed by atoms with Gasteiger partial charge in [-0.2, -0.15) is 0 Å². The molecule has 0 radical (unpaired) electrons. The molecule has 0 spiro atoms. The van der Waals surface area contributed by atoms with Gasteiger partial charge in [0.2, 0.25) is 0 Å². The minimum atomic E-state index is 0.776. The van der Waals surface area contributed by atoms with E-state index in [1.54, 1.807) is 18.9 Å². The zero-order chi connectivity index (χ0) is 13.1. The fraction of sp³-hybridized carbons (Fsp3) is 0.571. The van der Waals surface area contributed by atoms with Crippen molar-refractivity contribution in [1.82, 2.24) is 5.32 Å². The first-order valence-electron chi connectivity index (χ1n) is 6.33.